The lowest BCUT2D eigenvalue weighted by molar-refractivity contribution is -0.0284. The van der Waals surface area contributed by atoms with Crippen LogP contribution in [-0.4, -0.2) is 78.1 Å². The molecule has 0 amide bonds. The molecule has 1 aliphatic heterocycles. The van der Waals surface area contributed by atoms with E-state index in [0.717, 1.165) is 64.1 Å². The first-order chi connectivity index (χ1) is 12.1. The molecule has 0 bridgehead atoms. The molecule has 1 unspecified atom stereocenters. The molecule has 0 spiro atoms. The van der Waals surface area contributed by atoms with Gasteiger partial charge in [-0.1, -0.05) is 20.8 Å². The Bertz CT molecular complexity index is 529. The highest BCUT2D eigenvalue weighted by Gasteiger charge is 2.21. The average Bonchev–Trinajstić information content (AvgIpc) is 3.05. The lowest BCUT2D eigenvalue weighted by Crippen LogP contribution is -2.50. The Balaban J connectivity index is 1.69. The molecule has 2 heterocycles. The van der Waals surface area contributed by atoms with E-state index in [4.69, 9.17) is 4.74 Å². The third-order valence-corrected chi connectivity index (χ3v) is 4.22. The monoisotopic (exact) mass is 351 g/mol. The summed E-state index contributed by atoms with van der Waals surface area (Å²) in [7, 11) is 1.79. The molecule has 0 saturated carbocycles. The highest BCUT2D eigenvalue weighted by Crippen LogP contribution is 2.07. The zero-order valence-electron chi connectivity index (χ0n) is 16.0. The van der Waals surface area contributed by atoms with E-state index in [9.17, 15) is 0 Å². The van der Waals surface area contributed by atoms with Crippen LogP contribution in [0.2, 0.25) is 0 Å². The van der Waals surface area contributed by atoms with E-state index in [1.54, 1.807) is 13.4 Å². The molecular weight excluding hydrogens is 318 g/mol. The molecule has 1 aliphatic rings. The first-order valence-corrected chi connectivity index (χ1v) is 9.27. The van der Waals surface area contributed by atoms with Crippen LogP contribution in [-0.2, 0) is 17.7 Å². The number of nitrogens with one attached hydrogen (secondary N) is 2. The van der Waals surface area contributed by atoms with Crippen LogP contribution >= 0.6 is 0 Å². The molecule has 0 aliphatic carbocycles. The Labute approximate surface area is 151 Å². The maximum atomic E-state index is 5.87. The van der Waals surface area contributed by atoms with Crippen LogP contribution in [0.15, 0.2) is 11.3 Å². The maximum Gasteiger partial charge on any atom is 0.191 e. The zero-order valence-corrected chi connectivity index (χ0v) is 16.0. The summed E-state index contributed by atoms with van der Waals surface area (Å²) in [5.41, 5.74) is 0. The van der Waals surface area contributed by atoms with Crippen LogP contribution in [0, 0.1) is 5.92 Å². The van der Waals surface area contributed by atoms with Gasteiger partial charge in [-0.15, -0.1) is 10.2 Å². The molecule has 2 N–H and O–H groups in total. The molecule has 1 saturated heterocycles. The van der Waals surface area contributed by atoms with Crippen LogP contribution in [0.25, 0.3) is 0 Å². The summed E-state index contributed by atoms with van der Waals surface area (Å²) in [5, 5.41) is 14.8. The molecule has 1 fully saturated rings. The van der Waals surface area contributed by atoms with Gasteiger partial charge >= 0.3 is 0 Å². The van der Waals surface area contributed by atoms with Gasteiger partial charge in [-0.2, -0.15) is 0 Å². The van der Waals surface area contributed by atoms with Gasteiger partial charge in [-0.25, -0.2) is 0 Å². The highest BCUT2D eigenvalue weighted by molar-refractivity contribution is 5.79. The first-order valence-electron chi connectivity index (χ1n) is 9.27. The topological polar surface area (TPSA) is 79.6 Å². The molecular formula is C17H33N7O. The summed E-state index contributed by atoms with van der Waals surface area (Å²) < 4.78 is 7.93. The van der Waals surface area contributed by atoms with E-state index < -0.39 is 0 Å². The van der Waals surface area contributed by atoms with Crippen LogP contribution in [0.1, 0.15) is 26.6 Å². The van der Waals surface area contributed by atoms with E-state index in [0.29, 0.717) is 5.92 Å². The lowest BCUT2D eigenvalue weighted by Gasteiger charge is -2.34. The van der Waals surface area contributed by atoms with Crippen molar-refractivity contribution in [2.24, 2.45) is 10.9 Å². The van der Waals surface area contributed by atoms with Crippen LogP contribution < -0.4 is 10.6 Å². The van der Waals surface area contributed by atoms with Crippen molar-refractivity contribution < 1.29 is 4.74 Å². The van der Waals surface area contributed by atoms with Gasteiger partial charge in [-0.05, 0) is 5.92 Å². The number of aromatic nitrogens is 3. The van der Waals surface area contributed by atoms with E-state index >= 15 is 0 Å². The van der Waals surface area contributed by atoms with E-state index in [2.05, 4.69) is 56.1 Å². The predicted molar refractivity (Wildman–Crippen MR) is 99.8 cm³/mol. The first kappa shape index (κ1) is 19.7. The molecule has 1 aromatic heterocycles. The van der Waals surface area contributed by atoms with Crippen molar-refractivity contribution in [3.8, 4) is 0 Å². The second-order valence-corrected chi connectivity index (χ2v) is 6.82. The number of hydrogen-bond acceptors (Lipinski definition) is 5. The third kappa shape index (κ3) is 6.62. The van der Waals surface area contributed by atoms with Gasteiger partial charge in [0.05, 0.1) is 12.7 Å². The molecule has 2 rings (SSSR count). The molecule has 25 heavy (non-hydrogen) atoms. The summed E-state index contributed by atoms with van der Waals surface area (Å²) in [5.74, 6) is 2.49. The number of guanidine groups is 1. The quantitative estimate of drug-likeness (QED) is 0.520. The molecule has 8 heteroatoms. The second-order valence-electron chi connectivity index (χ2n) is 6.82. The Morgan fingerprint density at radius 2 is 2.28 bits per heavy atom. The largest absolute Gasteiger partial charge is 0.374 e. The lowest BCUT2D eigenvalue weighted by atomic mass is 10.2. The number of rotatable bonds is 8. The van der Waals surface area contributed by atoms with Crippen molar-refractivity contribution in [2.45, 2.75) is 39.8 Å². The fraction of sp³-hybridized carbons (Fsp3) is 0.824. The second kappa shape index (κ2) is 10.4. The van der Waals surface area contributed by atoms with Crippen molar-refractivity contribution >= 4 is 5.96 Å². The van der Waals surface area contributed by atoms with Gasteiger partial charge in [0, 0.05) is 52.7 Å². The minimum absolute atomic E-state index is 0.204. The van der Waals surface area contributed by atoms with Crippen LogP contribution in [0.5, 0.6) is 0 Å². The summed E-state index contributed by atoms with van der Waals surface area (Å²) in [6, 6.07) is 0. The van der Waals surface area contributed by atoms with Gasteiger partial charge in [0.2, 0.25) is 0 Å². The minimum Gasteiger partial charge on any atom is -0.374 e. The summed E-state index contributed by atoms with van der Waals surface area (Å²) in [6.45, 7) is 12.9. The molecule has 1 atom stereocenters. The highest BCUT2D eigenvalue weighted by atomic mass is 16.5. The molecule has 8 nitrogen and oxygen atoms in total. The smallest absolute Gasteiger partial charge is 0.191 e. The molecule has 0 radical (unpaired) electrons. The van der Waals surface area contributed by atoms with Crippen LogP contribution in [0.4, 0.5) is 0 Å². The number of nitrogens with zero attached hydrogens (tertiary/aromatic N) is 5. The number of morpholine rings is 1. The SMILES string of the molecule is CCc1nncn1CCNC(=NC)NCC1CN(CC(C)C)CCO1. The van der Waals surface area contributed by atoms with E-state index in [-0.39, 0.29) is 6.10 Å². The Hall–Kier alpha value is -1.67. The summed E-state index contributed by atoms with van der Waals surface area (Å²) in [4.78, 5) is 6.77. The predicted octanol–water partition coefficient (Wildman–Crippen LogP) is 0.362. The van der Waals surface area contributed by atoms with E-state index in [1.165, 1.54) is 0 Å². The molecule has 0 aromatic carbocycles. The fourth-order valence-corrected chi connectivity index (χ4v) is 3.05. The van der Waals surface area contributed by atoms with Crippen molar-refractivity contribution in [2.75, 3.05) is 46.4 Å². The van der Waals surface area contributed by atoms with Crippen molar-refractivity contribution in [3.05, 3.63) is 12.2 Å². The van der Waals surface area contributed by atoms with Crippen molar-refractivity contribution in [3.63, 3.8) is 0 Å². The Morgan fingerprint density at radius 1 is 1.44 bits per heavy atom. The Morgan fingerprint density at radius 3 is 3.00 bits per heavy atom. The van der Waals surface area contributed by atoms with Crippen LogP contribution in [0.3, 0.4) is 0 Å². The molecule has 1 aromatic rings. The van der Waals surface area contributed by atoms with Gasteiger partial charge in [0.25, 0.3) is 0 Å². The van der Waals surface area contributed by atoms with Gasteiger partial charge < -0.3 is 19.9 Å². The van der Waals surface area contributed by atoms with Gasteiger partial charge in [0.15, 0.2) is 5.96 Å². The third-order valence-electron chi connectivity index (χ3n) is 4.22. The van der Waals surface area contributed by atoms with Gasteiger partial charge in [-0.3, -0.25) is 9.89 Å². The van der Waals surface area contributed by atoms with E-state index in [1.807, 2.05) is 0 Å². The Kier molecular flexibility index (Phi) is 8.14. The van der Waals surface area contributed by atoms with Crippen molar-refractivity contribution in [1.82, 2.24) is 30.3 Å². The number of aryl methyl sites for hydroxylation is 1. The summed E-state index contributed by atoms with van der Waals surface area (Å²) in [6.07, 6.45) is 2.87. The minimum atomic E-state index is 0.204. The summed E-state index contributed by atoms with van der Waals surface area (Å²) >= 11 is 0. The number of ether oxygens (including phenoxy) is 1. The van der Waals surface area contributed by atoms with Gasteiger partial charge in [0.1, 0.15) is 12.2 Å². The zero-order chi connectivity index (χ0) is 18.1. The average molecular weight is 351 g/mol. The normalized spacial score (nSPS) is 19.4. The number of aliphatic imine (C=N–C) groups is 1. The maximum absolute atomic E-state index is 5.87. The standard InChI is InChI=1S/C17H33N7O/c1-5-16-22-21-13-24(16)7-6-19-17(18-4)20-10-15-12-23(8-9-25-15)11-14(2)3/h13-15H,5-12H2,1-4H3,(H2,18,19,20). The van der Waals surface area contributed by atoms with Crippen molar-refractivity contribution in [1.29, 1.82) is 0 Å². The molecule has 142 valence electrons. The fourth-order valence-electron chi connectivity index (χ4n) is 3.05. The number of hydrogen-bond donors (Lipinski definition) is 2.